The number of phenolic OH excluding ortho intramolecular Hbond substituents is 1. The van der Waals surface area contributed by atoms with Crippen LogP contribution in [0.5, 0.6) is 5.75 Å². The number of hydrogen-bond donors (Lipinski definition) is 1. The topological polar surface area (TPSA) is 33.1 Å². The van der Waals surface area contributed by atoms with Crippen LogP contribution in [0.1, 0.15) is 4.88 Å². The third kappa shape index (κ3) is 1.74. The predicted octanol–water partition coefficient (Wildman–Crippen LogP) is 3.48. The van der Waals surface area contributed by atoms with Crippen molar-refractivity contribution in [3.8, 4) is 17.0 Å². The van der Waals surface area contributed by atoms with Crippen LogP contribution in [0.15, 0.2) is 24.3 Å². The molecule has 14 heavy (non-hydrogen) atoms. The highest BCUT2D eigenvalue weighted by molar-refractivity contribution is 7.16. The van der Waals surface area contributed by atoms with E-state index in [0.717, 1.165) is 16.1 Å². The molecule has 0 radical (unpaired) electrons. The second-order valence-corrected chi connectivity index (χ2v) is 4.71. The van der Waals surface area contributed by atoms with Gasteiger partial charge in [-0.15, -0.1) is 11.3 Å². The van der Waals surface area contributed by atoms with Gasteiger partial charge in [0.15, 0.2) is 4.47 Å². The van der Waals surface area contributed by atoms with Gasteiger partial charge in [-0.05, 0) is 19.1 Å². The Balaban J connectivity index is 2.54. The van der Waals surface area contributed by atoms with Crippen molar-refractivity contribution in [1.82, 2.24) is 4.98 Å². The molecule has 1 aromatic carbocycles. The highest BCUT2D eigenvalue weighted by Crippen LogP contribution is 2.31. The molecule has 2 aromatic rings. The molecule has 72 valence electrons. The smallest absolute Gasteiger partial charge is 0.184 e. The summed E-state index contributed by atoms with van der Waals surface area (Å²) in [5, 5.41) is 9.31. The van der Waals surface area contributed by atoms with E-state index in [-0.39, 0.29) is 5.75 Å². The summed E-state index contributed by atoms with van der Waals surface area (Å²) in [7, 11) is 0. The van der Waals surface area contributed by atoms with E-state index < -0.39 is 0 Å². The summed E-state index contributed by atoms with van der Waals surface area (Å²) in [6.45, 7) is 1.96. The Bertz CT molecular complexity index is 467. The molecule has 0 atom stereocenters. The van der Waals surface area contributed by atoms with Gasteiger partial charge in [0.05, 0.1) is 5.69 Å². The van der Waals surface area contributed by atoms with Crippen molar-refractivity contribution in [3.63, 3.8) is 0 Å². The van der Waals surface area contributed by atoms with Crippen LogP contribution in [-0.2, 0) is 0 Å². The number of benzene rings is 1. The number of phenols is 1. The van der Waals surface area contributed by atoms with Crippen molar-refractivity contribution < 1.29 is 5.11 Å². The Morgan fingerprint density at radius 1 is 1.43 bits per heavy atom. The third-order valence-corrected chi connectivity index (χ3v) is 2.97. The van der Waals surface area contributed by atoms with E-state index in [1.165, 1.54) is 11.3 Å². The van der Waals surface area contributed by atoms with Gasteiger partial charge >= 0.3 is 0 Å². The van der Waals surface area contributed by atoms with Crippen molar-refractivity contribution in [2.75, 3.05) is 0 Å². The molecule has 0 aliphatic carbocycles. The fraction of sp³-hybridized carbons (Fsp3) is 0.100. The molecule has 0 fully saturated rings. The van der Waals surface area contributed by atoms with Gasteiger partial charge in [0, 0.05) is 10.4 Å². The average Bonchev–Trinajstić information content (AvgIpc) is 2.45. The lowest BCUT2D eigenvalue weighted by Gasteiger charge is -1.98. The van der Waals surface area contributed by atoms with Gasteiger partial charge in [-0.1, -0.05) is 23.7 Å². The van der Waals surface area contributed by atoms with E-state index in [9.17, 15) is 5.11 Å². The first-order valence-corrected chi connectivity index (χ1v) is 5.28. The molecule has 4 heteroatoms. The maximum Gasteiger partial charge on any atom is 0.184 e. The molecule has 0 unspecified atom stereocenters. The van der Waals surface area contributed by atoms with Crippen molar-refractivity contribution in [1.29, 1.82) is 0 Å². The van der Waals surface area contributed by atoms with Crippen molar-refractivity contribution in [2.45, 2.75) is 6.92 Å². The summed E-state index contributed by atoms with van der Waals surface area (Å²) in [4.78, 5) is 5.25. The first-order chi connectivity index (χ1) is 6.66. The van der Waals surface area contributed by atoms with Crippen LogP contribution in [0, 0.1) is 6.92 Å². The second kappa shape index (κ2) is 3.59. The fourth-order valence-corrected chi connectivity index (χ4v) is 2.37. The lowest BCUT2D eigenvalue weighted by molar-refractivity contribution is 0.475. The molecule has 1 N–H and O–H groups in total. The standard InChI is InChI=1S/C10H8ClNOS/c1-6-9(12-10(11)14-6)7-3-2-4-8(13)5-7/h2-5,13H,1H3. The van der Waals surface area contributed by atoms with E-state index in [0.29, 0.717) is 4.47 Å². The zero-order chi connectivity index (χ0) is 10.1. The van der Waals surface area contributed by atoms with Gasteiger partial charge < -0.3 is 5.11 Å². The molecule has 2 nitrogen and oxygen atoms in total. The van der Waals surface area contributed by atoms with Crippen LogP contribution < -0.4 is 0 Å². The molecular formula is C10H8ClNOS. The van der Waals surface area contributed by atoms with Crippen LogP contribution in [-0.4, -0.2) is 10.1 Å². The molecule has 0 aliphatic heterocycles. The van der Waals surface area contributed by atoms with Crippen LogP contribution in [0.25, 0.3) is 11.3 Å². The minimum Gasteiger partial charge on any atom is -0.508 e. The molecule has 0 aliphatic rings. The molecule has 0 spiro atoms. The summed E-state index contributed by atoms with van der Waals surface area (Å²) in [6.07, 6.45) is 0. The SMILES string of the molecule is Cc1sc(Cl)nc1-c1cccc(O)c1. The number of nitrogens with zero attached hydrogens (tertiary/aromatic N) is 1. The van der Waals surface area contributed by atoms with E-state index in [1.807, 2.05) is 13.0 Å². The zero-order valence-electron chi connectivity index (χ0n) is 7.49. The minimum absolute atomic E-state index is 0.242. The summed E-state index contributed by atoms with van der Waals surface area (Å²) in [6, 6.07) is 7.00. The number of halogens is 1. The number of thiazole rings is 1. The average molecular weight is 226 g/mol. The highest BCUT2D eigenvalue weighted by atomic mass is 35.5. The molecule has 0 saturated heterocycles. The van der Waals surface area contributed by atoms with E-state index in [2.05, 4.69) is 4.98 Å². The second-order valence-electron chi connectivity index (χ2n) is 2.92. The molecule has 0 amide bonds. The van der Waals surface area contributed by atoms with E-state index in [1.54, 1.807) is 18.2 Å². The van der Waals surface area contributed by atoms with Crippen LogP contribution >= 0.6 is 22.9 Å². The van der Waals surface area contributed by atoms with Crippen LogP contribution in [0.2, 0.25) is 4.47 Å². The summed E-state index contributed by atoms with van der Waals surface area (Å²) < 4.78 is 0.529. The summed E-state index contributed by atoms with van der Waals surface area (Å²) in [5.74, 6) is 0.242. The Morgan fingerprint density at radius 2 is 2.21 bits per heavy atom. The number of rotatable bonds is 1. The van der Waals surface area contributed by atoms with E-state index >= 15 is 0 Å². The van der Waals surface area contributed by atoms with Gasteiger partial charge in [-0.2, -0.15) is 0 Å². The monoisotopic (exact) mass is 225 g/mol. The molecular weight excluding hydrogens is 218 g/mol. The van der Waals surface area contributed by atoms with Crippen LogP contribution in [0.4, 0.5) is 0 Å². The Kier molecular flexibility index (Phi) is 2.44. The van der Waals surface area contributed by atoms with Gasteiger partial charge in [0.2, 0.25) is 0 Å². The highest BCUT2D eigenvalue weighted by Gasteiger charge is 2.08. The van der Waals surface area contributed by atoms with Gasteiger partial charge in [0.1, 0.15) is 5.75 Å². The fourth-order valence-electron chi connectivity index (χ4n) is 1.29. The van der Waals surface area contributed by atoms with Crippen molar-refractivity contribution in [3.05, 3.63) is 33.6 Å². The normalized spacial score (nSPS) is 10.4. The lowest BCUT2D eigenvalue weighted by atomic mass is 10.1. The number of hydrogen-bond acceptors (Lipinski definition) is 3. The number of aromatic nitrogens is 1. The zero-order valence-corrected chi connectivity index (χ0v) is 9.06. The summed E-state index contributed by atoms with van der Waals surface area (Å²) >= 11 is 7.24. The molecule has 2 rings (SSSR count). The molecule has 1 heterocycles. The summed E-state index contributed by atoms with van der Waals surface area (Å²) in [5.41, 5.74) is 1.74. The molecule has 1 aromatic heterocycles. The van der Waals surface area contributed by atoms with Crippen molar-refractivity contribution in [2.24, 2.45) is 0 Å². The molecule has 0 saturated carbocycles. The van der Waals surface area contributed by atoms with Gasteiger partial charge in [0.25, 0.3) is 0 Å². The first-order valence-electron chi connectivity index (χ1n) is 4.09. The Labute approximate surface area is 90.8 Å². The third-order valence-electron chi connectivity index (χ3n) is 1.89. The Morgan fingerprint density at radius 3 is 2.79 bits per heavy atom. The van der Waals surface area contributed by atoms with Crippen molar-refractivity contribution >= 4 is 22.9 Å². The maximum absolute atomic E-state index is 9.31. The number of aryl methyl sites for hydroxylation is 1. The van der Waals surface area contributed by atoms with Gasteiger partial charge in [-0.25, -0.2) is 4.98 Å². The maximum atomic E-state index is 9.31. The first kappa shape index (κ1) is 9.49. The predicted molar refractivity (Wildman–Crippen MR) is 59.0 cm³/mol. The largest absolute Gasteiger partial charge is 0.508 e. The Hall–Kier alpha value is -1.06. The molecule has 0 bridgehead atoms. The van der Waals surface area contributed by atoms with Crippen LogP contribution in [0.3, 0.4) is 0 Å². The number of aromatic hydroxyl groups is 1. The van der Waals surface area contributed by atoms with Gasteiger partial charge in [-0.3, -0.25) is 0 Å². The minimum atomic E-state index is 0.242. The quantitative estimate of drug-likeness (QED) is 0.806. The van der Waals surface area contributed by atoms with E-state index in [4.69, 9.17) is 11.6 Å². The lowest BCUT2D eigenvalue weighted by Crippen LogP contribution is -1.79.